The SMILES string of the molecule is COc1cccc(O[C@@H]2C(=O)N(CCCCN3CCOCC3)[C@@H]2c2cccc(OC)c2)c1. The number of likely N-dealkylation sites (tertiary alicyclic amines) is 1. The molecule has 0 N–H and O–H groups in total. The minimum atomic E-state index is -0.562. The number of carbonyl (C=O) groups is 1. The number of rotatable bonds is 10. The molecule has 0 saturated carbocycles. The lowest BCUT2D eigenvalue weighted by molar-refractivity contribution is -0.164. The second-order valence-electron chi connectivity index (χ2n) is 8.13. The molecule has 2 fully saturated rings. The van der Waals surface area contributed by atoms with E-state index in [1.54, 1.807) is 20.3 Å². The highest BCUT2D eigenvalue weighted by molar-refractivity contribution is 5.89. The summed E-state index contributed by atoms with van der Waals surface area (Å²) in [6.07, 6.45) is 1.44. The second-order valence-corrected chi connectivity index (χ2v) is 8.13. The Morgan fingerprint density at radius 3 is 2.31 bits per heavy atom. The maximum absolute atomic E-state index is 13.1. The van der Waals surface area contributed by atoms with E-state index in [0.717, 1.165) is 57.0 Å². The van der Waals surface area contributed by atoms with Gasteiger partial charge in [0.1, 0.15) is 23.3 Å². The minimum absolute atomic E-state index is 0.0204. The summed E-state index contributed by atoms with van der Waals surface area (Å²) in [5, 5.41) is 0. The van der Waals surface area contributed by atoms with Crippen LogP contribution in [0.5, 0.6) is 17.2 Å². The number of methoxy groups -OCH3 is 2. The molecule has 172 valence electrons. The van der Waals surface area contributed by atoms with Crippen molar-refractivity contribution in [3.05, 3.63) is 54.1 Å². The topological polar surface area (TPSA) is 60.5 Å². The van der Waals surface area contributed by atoms with Gasteiger partial charge >= 0.3 is 0 Å². The average molecular weight is 441 g/mol. The molecular weight excluding hydrogens is 408 g/mol. The van der Waals surface area contributed by atoms with Gasteiger partial charge in [0.15, 0.2) is 0 Å². The summed E-state index contributed by atoms with van der Waals surface area (Å²) >= 11 is 0. The second kappa shape index (κ2) is 10.7. The van der Waals surface area contributed by atoms with Gasteiger partial charge in [0, 0.05) is 25.7 Å². The van der Waals surface area contributed by atoms with E-state index >= 15 is 0 Å². The number of unbranched alkanes of at least 4 members (excludes halogenated alkanes) is 1. The third kappa shape index (κ3) is 5.16. The lowest BCUT2D eigenvalue weighted by atomic mass is 9.90. The molecule has 2 aromatic carbocycles. The van der Waals surface area contributed by atoms with Gasteiger partial charge in [-0.05, 0) is 49.2 Å². The molecule has 32 heavy (non-hydrogen) atoms. The van der Waals surface area contributed by atoms with Crippen molar-refractivity contribution in [2.75, 3.05) is 53.6 Å². The third-order valence-corrected chi connectivity index (χ3v) is 6.12. The molecule has 0 spiro atoms. The highest BCUT2D eigenvalue weighted by Crippen LogP contribution is 2.39. The lowest BCUT2D eigenvalue weighted by Gasteiger charge is -2.47. The van der Waals surface area contributed by atoms with Crippen LogP contribution >= 0.6 is 0 Å². The normalized spacial score (nSPS) is 21.2. The third-order valence-electron chi connectivity index (χ3n) is 6.12. The van der Waals surface area contributed by atoms with Gasteiger partial charge in [0.2, 0.25) is 6.10 Å². The fourth-order valence-electron chi connectivity index (χ4n) is 4.32. The largest absolute Gasteiger partial charge is 0.497 e. The first-order chi connectivity index (χ1) is 15.7. The van der Waals surface area contributed by atoms with Gasteiger partial charge < -0.3 is 23.8 Å². The number of hydrogen-bond acceptors (Lipinski definition) is 6. The summed E-state index contributed by atoms with van der Waals surface area (Å²) < 4.78 is 22.3. The molecule has 2 atom stereocenters. The zero-order chi connectivity index (χ0) is 22.3. The van der Waals surface area contributed by atoms with Gasteiger partial charge in [-0.1, -0.05) is 18.2 Å². The predicted molar refractivity (Wildman–Crippen MR) is 121 cm³/mol. The molecule has 0 aliphatic carbocycles. The number of ether oxygens (including phenoxy) is 4. The Labute approximate surface area is 189 Å². The van der Waals surface area contributed by atoms with Gasteiger partial charge in [-0.2, -0.15) is 0 Å². The Hall–Kier alpha value is -2.77. The van der Waals surface area contributed by atoms with Crippen molar-refractivity contribution in [2.24, 2.45) is 0 Å². The van der Waals surface area contributed by atoms with Crippen LogP contribution in [0.1, 0.15) is 24.4 Å². The van der Waals surface area contributed by atoms with Crippen molar-refractivity contribution in [3.63, 3.8) is 0 Å². The van der Waals surface area contributed by atoms with Crippen LogP contribution < -0.4 is 14.2 Å². The zero-order valence-electron chi connectivity index (χ0n) is 18.9. The number of morpholine rings is 1. The van der Waals surface area contributed by atoms with Crippen LogP contribution in [0.4, 0.5) is 0 Å². The highest BCUT2D eigenvalue weighted by atomic mass is 16.5. The molecule has 0 unspecified atom stereocenters. The van der Waals surface area contributed by atoms with Crippen molar-refractivity contribution >= 4 is 5.91 Å². The summed E-state index contributed by atoms with van der Waals surface area (Å²) in [5.41, 5.74) is 1.02. The minimum Gasteiger partial charge on any atom is -0.497 e. The zero-order valence-corrected chi connectivity index (χ0v) is 18.9. The summed E-state index contributed by atoms with van der Waals surface area (Å²) in [6, 6.07) is 15.1. The monoisotopic (exact) mass is 440 g/mol. The summed E-state index contributed by atoms with van der Waals surface area (Å²) in [6.45, 7) is 5.36. The van der Waals surface area contributed by atoms with Gasteiger partial charge in [-0.25, -0.2) is 0 Å². The molecule has 2 aliphatic heterocycles. The number of benzene rings is 2. The summed E-state index contributed by atoms with van der Waals surface area (Å²) in [7, 11) is 3.27. The van der Waals surface area contributed by atoms with Crippen molar-refractivity contribution in [2.45, 2.75) is 25.0 Å². The lowest BCUT2D eigenvalue weighted by Crippen LogP contribution is -2.61. The van der Waals surface area contributed by atoms with Crippen molar-refractivity contribution in [1.82, 2.24) is 9.80 Å². The average Bonchev–Trinajstić information content (AvgIpc) is 2.85. The van der Waals surface area contributed by atoms with E-state index in [4.69, 9.17) is 18.9 Å². The Bertz CT molecular complexity index is 899. The molecule has 7 nitrogen and oxygen atoms in total. The smallest absolute Gasteiger partial charge is 0.266 e. The first-order valence-corrected chi connectivity index (χ1v) is 11.2. The maximum atomic E-state index is 13.1. The Balaban J connectivity index is 1.43. The molecule has 0 aromatic heterocycles. The quantitative estimate of drug-likeness (QED) is 0.418. The van der Waals surface area contributed by atoms with Gasteiger partial charge in [0.25, 0.3) is 5.91 Å². The molecule has 7 heteroatoms. The van der Waals surface area contributed by atoms with Crippen molar-refractivity contribution in [3.8, 4) is 17.2 Å². The highest BCUT2D eigenvalue weighted by Gasteiger charge is 2.49. The first kappa shape index (κ1) is 22.4. The Morgan fingerprint density at radius 2 is 1.56 bits per heavy atom. The standard InChI is InChI=1S/C25H32N2O5/c1-29-20-8-5-7-19(17-20)23-24(32-22-10-6-9-21(18-22)30-2)25(28)27(23)12-4-3-11-26-13-15-31-16-14-26/h5-10,17-18,23-24H,3-4,11-16H2,1-2H3/t23-,24+/m1/s1. The van der Waals surface area contributed by atoms with Crippen LogP contribution in [0.3, 0.4) is 0 Å². The van der Waals surface area contributed by atoms with E-state index in [-0.39, 0.29) is 11.9 Å². The van der Waals surface area contributed by atoms with Gasteiger partial charge in [-0.3, -0.25) is 9.69 Å². The van der Waals surface area contributed by atoms with Gasteiger partial charge in [0.05, 0.1) is 27.4 Å². The maximum Gasteiger partial charge on any atom is 0.266 e. The van der Waals surface area contributed by atoms with E-state index in [9.17, 15) is 4.79 Å². The van der Waals surface area contributed by atoms with E-state index < -0.39 is 6.10 Å². The Morgan fingerprint density at radius 1 is 0.906 bits per heavy atom. The molecule has 1 amide bonds. The molecular formula is C25H32N2O5. The van der Waals surface area contributed by atoms with Crippen molar-refractivity contribution < 1.29 is 23.7 Å². The van der Waals surface area contributed by atoms with E-state index in [1.165, 1.54) is 0 Å². The Kier molecular flexibility index (Phi) is 7.50. The first-order valence-electron chi connectivity index (χ1n) is 11.2. The van der Waals surface area contributed by atoms with E-state index in [2.05, 4.69) is 4.90 Å². The van der Waals surface area contributed by atoms with Crippen molar-refractivity contribution in [1.29, 1.82) is 0 Å². The van der Waals surface area contributed by atoms with Crippen LogP contribution in [0, 0.1) is 0 Å². The number of β-lactam (4-membered cyclic amide) rings is 1. The van der Waals surface area contributed by atoms with E-state index in [0.29, 0.717) is 18.0 Å². The molecule has 2 aliphatic rings. The van der Waals surface area contributed by atoms with Gasteiger partial charge in [-0.15, -0.1) is 0 Å². The molecule has 0 bridgehead atoms. The van der Waals surface area contributed by atoms with E-state index in [1.807, 2.05) is 47.4 Å². The fraction of sp³-hybridized carbons (Fsp3) is 0.480. The number of hydrogen-bond donors (Lipinski definition) is 0. The summed E-state index contributed by atoms with van der Waals surface area (Å²) in [4.78, 5) is 17.4. The summed E-state index contributed by atoms with van der Waals surface area (Å²) in [5.74, 6) is 2.12. The van der Waals surface area contributed by atoms with Crippen LogP contribution in [0.25, 0.3) is 0 Å². The van der Waals surface area contributed by atoms with Crippen LogP contribution in [-0.2, 0) is 9.53 Å². The number of amides is 1. The predicted octanol–water partition coefficient (Wildman–Crippen LogP) is 3.15. The molecule has 0 radical (unpaired) electrons. The van der Waals surface area contributed by atoms with Crippen LogP contribution in [0.15, 0.2) is 48.5 Å². The van der Waals surface area contributed by atoms with Crippen LogP contribution in [-0.4, -0.2) is 75.4 Å². The molecule has 4 rings (SSSR count). The fourth-order valence-corrected chi connectivity index (χ4v) is 4.32. The van der Waals surface area contributed by atoms with Crippen LogP contribution in [0.2, 0.25) is 0 Å². The molecule has 2 heterocycles. The number of nitrogens with zero attached hydrogens (tertiary/aromatic N) is 2. The molecule has 2 aromatic rings. The number of carbonyl (C=O) groups excluding carboxylic acids is 1. The molecule has 2 saturated heterocycles.